The fraction of sp³-hybridized carbons (Fsp3) is 0.160. The minimum Gasteiger partial charge on any atom is -0.386 e. The van der Waals surface area contributed by atoms with Crippen molar-refractivity contribution < 1.29 is 9.50 Å². The van der Waals surface area contributed by atoms with Crippen molar-refractivity contribution in [2.45, 2.75) is 26.4 Å². The lowest BCUT2D eigenvalue weighted by atomic mass is 10.0. The minimum absolute atomic E-state index is 0.311. The summed E-state index contributed by atoms with van der Waals surface area (Å²) in [5.41, 5.74) is 4.02. The molecule has 2 aromatic carbocycles. The standard InChI is InChI=1S/C25H25FN2O/c1-18-13-16-27-17-14-23(26)24(28-18)22-10-8-21(9-11-22)20-6-4-19(5-7-20)12-15-25(2,3)29/h4-17,27,29H,1-3H3/b15-12+,16-13?,17-14?,24-23?,28-18?. The zero-order chi connectivity index (χ0) is 20.9. The highest BCUT2D eigenvalue weighted by Crippen LogP contribution is 2.25. The lowest BCUT2D eigenvalue weighted by molar-refractivity contribution is 0.134. The van der Waals surface area contributed by atoms with Gasteiger partial charge in [-0.3, -0.25) is 0 Å². The fourth-order valence-electron chi connectivity index (χ4n) is 2.80. The maximum atomic E-state index is 14.5. The van der Waals surface area contributed by atoms with Crippen LogP contribution in [0.3, 0.4) is 0 Å². The van der Waals surface area contributed by atoms with Gasteiger partial charge in [0, 0.05) is 23.7 Å². The maximum Gasteiger partial charge on any atom is 0.150 e. The van der Waals surface area contributed by atoms with E-state index in [0.717, 1.165) is 22.3 Å². The number of H-pyrrole nitrogens is 1. The second-order valence-corrected chi connectivity index (χ2v) is 7.47. The van der Waals surface area contributed by atoms with E-state index < -0.39 is 11.4 Å². The van der Waals surface area contributed by atoms with Crippen molar-refractivity contribution in [2.75, 3.05) is 0 Å². The van der Waals surface area contributed by atoms with Gasteiger partial charge < -0.3 is 10.1 Å². The first-order valence-corrected chi connectivity index (χ1v) is 9.48. The van der Waals surface area contributed by atoms with Crippen LogP contribution in [0.15, 0.2) is 79.1 Å². The first-order valence-electron chi connectivity index (χ1n) is 9.48. The molecule has 0 fully saturated rings. The van der Waals surface area contributed by atoms with Crippen LogP contribution in [0.25, 0.3) is 28.5 Å². The number of halogens is 1. The molecule has 0 aliphatic carbocycles. The van der Waals surface area contributed by atoms with Crippen LogP contribution in [0.4, 0.5) is 4.39 Å². The van der Waals surface area contributed by atoms with E-state index in [1.807, 2.05) is 61.5 Å². The topological polar surface area (TPSA) is 48.9 Å². The van der Waals surface area contributed by atoms with Crippen molar-refractivity contribution >= 4 is 6.08 Å². The van der Waals surface area contributed by atoms with Crippen LogP contribution in [0.5, 0.6) is 0 Å². The molecule has 3 aromatic rings. The van der Waals surface area contributed by atoms with Gasteiger partial charge in [-0.05, 0) is 49.6 Å². The molecule has 0 saturated carbocycles. The van der Waals surface area contributed by atoms with Gasteiger partial charge in [0.1, 0.15) is 5.69 Å². The number of nitrogens with one attached hydrogen (secondary N) is 1. The summed E-state index contributed by atoms with van der Waals surface area (Å²) >= 11 is 0. The Kier molecular flexibility index (Phi) is 6.25. The van der Waals surface area contributed by atoms with Crippen LogP contribution >= 0.6 is 0 Å². The molecule has 29 heavy (non-hydrogen) atoms. The summed E-state index contributed by atoms with van der Waals surface area (Å²) in [7, 11) is 0. The third-order valence-corrected chi connectivity index (χ3v) is 4.35. The number of aromatic nitrogens is 2. The molecular formula is C25H25FN2O. The molecule has 0 aliphatic heterocycles. The molecule has 0 atom stereocenters. The third kappa shape index (κ3) is 5.87. The Morgan fingerprint density at radius 1 is 0.862 bits per heavy atom. The second-order valence-electron chi connectivity index (χ2n) is 7.47. The van der Waals surface area contributed by atoms with Crippen LogP contribution in [0.1, 0.15) is 25.1 Å². The highest BCUT2D eigenvalue weighted by atomic mass is 19.1. The van der Waals surface area contributed by atoms with Crippen LogP contribution in [0, 0.1) is 12.7 Å². The predicted molar refractivity (Wildman–Crippen MR) is 117 cm³/mol. The smallest absolute Gasteiger partial charge is 0.150 e. The molecule has 0 amide bonds. The number of benzene rings is 2. The molecule has 3 rings (SSSR count). The second kappa shape index (κ2) is 8.84. The van der Waals surface area contributed by atoms with E-state index in [-0.39, 0.29) is 0 Å². The van der Waals surface area contributed by atoms with Gasteiger partial charge in [-0.2, -0.15) is 0 Å². The number of hydrogen-bond donors (Lipinski definition) is 2. The molecule has 1 aromatic heterocycles. The van der Waals surface area contributed by atoms with Crippen molar-refractivity contribution in [3.05, 3.63) is 96.2 Å². The SMILES string of the molecule is Cc1cc[nH]ccc(F)c(-c2ccc(-c3ccc(/C=C/C(C)(C)O)cc3)cc2)n1. The number of aliphatic hydroxyl groups is 1. The van der Waals surface area contributed by atoms with Crippen LogP contribution < -0.4 is 0 Å². The van der Waals surface area contributed by atoms with Crippen molar-refractivity contribution in [2.24, 2.45) is 0 Å². The Morgan fingerprint density at radius 2 is 1.41 bits per heavy atom. The lowest BCUT2D eigenvalue weighted by Gasteiger charge is -2.10. The molecule has 0 bridgehead atoms. The highest BCUT2D eigenvalue weighted by molar-refractivity contribution is 5.70. The number of aryl methyl sites for hydroxylation is 1. The van der Waals surface area contributed by atoms with Gasteiger partial charge in [-0.1, -0.05) is 60.7 Å². The lowest BCUT2D eigenvalue weighted by Crippen LogP contribution is -2.13. The maximum absolute atomic E-state index is 14.5. The first-order chi connectivity index (χ1) is 13.8. The first kappa shape index (κ1) is 20.5. The molecule has 4 heteroatoms. The molecule has 0 spiro atoms. The Bertz CT molecular complexity index is 1040. The van der Waals surface area contributed by atoms with Crippen molar-refractivity contribution in [3.63, 3.8) is 0 Å². The summed E-state index contributed by atoms with van der Waals surface area (Å²) in [5, 5.41) is 9.79. The van der Waals surface area contributed by atoms with Crippen LogP contribution in [-0.2, 0) is 0 Å². The van der Waals surface area contributed by atoms with Gasteiger partial charge in [0.05, 0.1) is 5.60 Å². The Hall–Kier alpha value is -3.24. The fourth-order valence-corrected chi connectivity index (χ4v) is 2.80. The zero-order valence-electron chi connectivity index (χ0n) is 16.9. The van der Waals surface area contributed by atoms with Gasteiger partial charge in [-0.25, -0.2) is 9.37 Å². The summed E-state index contributed by atoms with van der Waals surface area (Å²) in [6.07, 6.45) is 6.92. The normalized spacial score (nSPS) is 11.5. The Morgan fingerprint density at radius 3 is 2.03 bits per heavy atom. The van der Waals surface area contributed by atoms with Gasteiger partial charge in [0.25, 0.3) is 0 Å². The number of nitrogens with zero attached hydrogens (tertiary/aromatic N) is 1. The van der Waals surface area contributed by atoms with Gasteiger partial charge >= 0.3 is 0 Å². The van der Waals surface area contributed by atoms with E-state index in [0.29, 0.717) is 11.4 Å². The molecule has 0 unspecified atom stereocenters. The Balaban J connectivity index is 1.89. The third-order valence-electron chi connectivity index (χ3n) is 4.35. The quantitative estimate of drug-likeness (QED) is 0.567. The largest absolute Gasteiger partial charge is 0.386 e. The van der Waals surface area contributed by atoms with E-state index >= 15 is 0 Å². The molecule has 0 radical (unpaired) electrons. The van der Waals surface area contributed by atoms with Gasteiger partial charge in [0.2, 0.25) is 0 Å². The monoisotopic (exact) mass is 388 g/mol. The molecule has 148 valence electrons. The number of aromatic amines is 1. The molecular weight excluding hydrogens is 363 g/mol. The summed E-state index contributed by atoms with van der Waals surface area (Å²) in [6.45, 7) is 5.31. The van der Waals surface area contributed by atoms with E-state index in [9.17, 15) is 9.50 Å². The molecule has 0 aliphatic rings. The average molecular weight is 388 g/mol. The van der Waals surface area contributed by atoms with E-state index in [4.69, 9.17) is 0 Å². The molecule has 0 saturated heterocycles. The number of rotatable bonds is 4. The molecule has 3 nitrogen and oxygen atoms in total. The van der Waals surface area contributed by atoms with Crippen molar-refractivity contribution in [1.29, 1.82) is 0 Å². The minimum atomic E-state index is -0.837. The van der Waals surface area contributed by atoms with Crippen LogP contribution in [0.2, 0.25) is 0 Å². The van der Waals surface area contributed by atoms with Crippen molar-refractivity contribution in [3.8, 4) is 22.4 Å². The van der Waals surface area contributed by atoms with Gasteiger partial charge in [0.15, 0.2) is 5.82 Å². The zero-order valence-corrected chi connectivity index (χ0v) is 16.9. The van der Waals surface area contributed by atoms with Crippen molar-refractivity contribution in [1.82, 2.24) is 9.97 Å². The summed E-state index contributed by atoms with van der Waals surface area (Å²) in [5.74, 6) is -0.392. The predicted octanol–water partition coefficient (Wildman–Crippen LogP) is 6.10. The van der Waals surface area contributed by atoms with E-state index in [1.165, 1.54) is 6.07 Å². The molecule has 1 heterocycles. The van der Waals surface area contributed by atoms with Gasteiger partial charge in [-0.15, -0.1) is 0 Å². The highest BCUT2D eigenvalue weighted by Gasteiger charge is 2.07. The van der Waals surface area contributed by atoms with E-state index in [2.05, 4.69) is 9.97 Å². The van der Waals surface area contributed by atoms with E-state index in [1.54, 1.807) is 38.4 Å². The molecule has 2 N–H and O–H groups in total. The summed E-state index contributed by atoms with van der Waals surface area (Å²) in [4.78, 5) is 7.29. The number of hydrogen-bond acceptors (Lipinski definition) is 2. The van der Waals surface area contributed by atoms with Crippen LogP contribution in [-0.4, -0.2) is 20.7 Å². The Labute approximate surface area is 170 Å². The average Bonchev–Trinajstić information content (AvgIpc) is 2.77. The summed E-state index contributed by atoms with van der Waals surface area (Å²) < 4.78 is 14.5. The summed E-state index contributed by atoms with van der Waals surface area (Å²) in [6, 6.07) is 18.9.